The number of rotatable bonds is 1. The van der Waals surface area contributed by atoms with Crippen molar-refractivity contribution in [1.29, 1.82) is 0 Å². The molecular weight excluding hydrogens is 150 g/mol. The van der Waals surface area contributed by atoms with Gasteiger partial charge < -0.3 is 4.84 Å². The Morgan fingerprint density at radius 3 is 1.92 bits per heavy atom. The summed E-state index contributed by atoms with van der Waals surface area (Å²) in [5.74, 6) is 5.71. The molecule has 0 bridgehead atoms. The van der Waals surface area contributed by atoms with Crippen molar-refractivity contribution in [2.75, 3.05) is 0 Å². The third-order valence-corrected chi connectivity index (χ3v) is 1.86. The van der Waals surface area contributed by atoms with Crippen LogP contribution in [0.3, 0.4) is 0 Å². The molecule has 0 aliphatic carbocycles. The molecule has 0 saturated heterocycles. The molecule has 0 aliphatic heterocycles. The lowest BCUT2D eigenvalue weighted by atomic mass is 9.87. The number of hydrogen-bond acceptors (Lipinski definition) is 2. The quantitative estimate of drug-likeness (QED) is 0.648. The Kier molecular flexibility index (Phi) is 2.38. The predicted molar refractivity (Wildman–Crippen MR) is 50.0 cm³/mol. The van der Waals surface area contributed by atoms with Crippen molar-refractivity contribution >= 4 is 0 Å². The Bertz CT molecular complexity index is 246. The van der Waals surface area contributed by atoms with E-state index in [0.29, 0.717) is 5.75 Å². The number of benzene rings is 1. The lowest BCUT2D eigenvalue weighted by molar-refractivity contribution is 0.334. The fraction of sp³-hybridized carbons (Fsp3) is 0.400. The lowest BCUT2D eigenvalue weighted by Gasteiger charge is -2.18. The van der Waals surface area contributed by atoms with Crippen molar-refractivity contribution in [3.05, 3.63) is 29.8 Å². The molecule has 0 heterocycles. The highest BCUT2D eigenvalue weighted by Gasteiger charge is 2.12. The normalized spacial score (nSPS) is 11.3. The van der Waals surface area contributed by atoms with Crippen LogP contribution in [-0.2, 0) is 5.41 Å². The zero-order valence-electron chi connectivity index (χ0n) is 7.79. The van der Waals surface area contributed by atoms with E-state index < -0.39 is 0 Å². The monoisotopic (exact) mass is 165 g/mol. The molecule has 0 amide bonds. The molecule has 0 aromatic heterocycles. The van der Waals surface area contributed by atoms with Crippen LogP contribution in [0.2, 0.25) is 0 Å². The van der Waals surface area contributed by atoms with Crippen LogP contribution in [0.5, 0.6) is 5.75 Å². The summed E-state index contributed by atoms with van der Waals surface area (Å²) < 4.78 is 0. The van der Waals surface area contributed by atoms with Gasteiger partial charge in [-0.25, -0.2) is 0 Å². The van der Waals surface area contributed by atoms with E-state index in [4.69, 9.17) is 5.90 Å². The van der Waals surface area contributed by atoms with Gasteiger partial charge >= 0.3 is 0 Å². The second kappa shape index (κ2) is 3.15. The Labute approximate surface area is 73.3 Å². The summed E-state index contributed by atoms with van der Waals surface area (Å²) in [5.41, 5.74) is 1.47. The predicted octanol–water partition coefficient (Wildman–Crippen LogP) is 2.24. The van der Waals surface area contributed by atoms with Crippen molar-refractivity contribution in [1.82, 2.24) is 0 Å². The van der Waals surface area contributed by atoms with Crippen LogP contribution in [0.15, 0.2) is 24.3 Å². The first kappa shape index (κ1) is 9.07. The van der Waals surface area contributed by atoms with Crippen molar-refractivity contribution in [3.63, 3.8) is 0 Å². The van der Waals surface area contributed by atoms with E-state index >= 15 is 0 Å². The molecule has 0 aliphatic rings. The minimum absolute atomic E-state index is 0.188. The highest BCUT2D eigenvalue weighted by Crippen LogP contribution is 2.23. The Morgan fingerprint density at radius 1 is 1.08 bits per heavy atom. The topological polar surface area (TPSA) is 35.2 Å². The van der Waals surface area contributed by atoms with Crippen LogP contribution in [-0.4, -0.2) is 0 Å². The van der Waals surface area contributed by atoms with E-state index in [-0.39, 0.29) is 5.41 Å². The summed E-state index contributed by atoms with van der Waals surface area (Å²) in [6.45, 7) is 6.52. The average Bonchev–Trinajstić information content (AvgIpc) is 2.03. The lowest BCUT2D eigenvalue weighted by Crippen LogP contribution is -2.11. The second-order valence-corrected chi connectivity index (χ2v) is 3.89. The molecule has 12 heavy (non-hydrogen) atoms. The van der Waals surface area contributed by atoms with Gasteiger partial charge in [0.05, 0.1) is 0 Å². The van der Waals surface area contributed by atoms with E-state index in [2.05, 4.69) is 25.6 Å². The molecule has 1 aromatic rings. The summed E-state index contributed by atoms with van der Waals surface area (Å²) in [5, 5.41) is 0. The van der Waals surface area contributed by atoms with Crippen molar-refractivity contribution in [2.24, 2.45) is 5.90 Å². The molecule has 0 saturated carbocycles. The fourth-order valence-corrected chi connectivity index (χ4v) is 1.03. The molecule has 1 rings (SSSR count). The van der Waals surface area contributed by atoms with Gasteiger partial charge in [0.15, 0.2) is 0 Å². The van der Waals surface area contributed by atoms with Gasteiger partial charge in [-0.3, -0.25) is 0 Å². The molecule has 2 heteroatoms. The molecule has 0 spiro atoms. The second-order valence-electron chi connectivity index (χ2n) is 3.89. The van der Waals surface area contributed by atoms with Gasteiger partial charge in [-0.1, -0.05) is 32.9 Å². The van der Waals surface area contributed by atoms with Gasteiger partial charge in [0.2, 0.25) is 0 Å². The molecule has 0 unspecified atom stereocenters. The third kappa shape index (κ3) is 1.98. The summed E-state index contributed by atoms with van der Waals surface area (Å²) in [7, 11) is 0. The van der Waals surface area contributed by atoms with Crippen molar-refractivity contribution < 1.29 is 4.84 Å². The van der Waals surface area contributed by atoms with Gasteiger partial charge in [-0.15, -0.1) is 0 Å². The van der Waals surface area contributed by atoms with Crippen molar-refractivity contribution in [2.45, 2.75) is 26.2 Å². The zero-order valence-corrected chi connectivity index (χ0v) is 7.79. The minimum Gasteiger partial charge on any atom is -0.412 e. The molecule has 0 fully saturated rings. The van der Waals surface area contributed by atoms with Crippen LogP contribution in [0.1, 0.15) is 26.3 Å². The summed E-state index contributed by atoms with van der Waals surface area (Å²) in [4.78, 5) is 4.58. The summed E-state index contributed by atoms with van der Waals surface area (Å²) in [6, 6.07) is 7.81. The average molecular weight is 165 g/mol. The van der Waals surface area contributed by atoms with Crippen LogP contribution in [0, 0.1) is 0 Å². The number of hydrogen-bond donors (Lipinski definition) is 1. The SMILES string of the molecule is CC(C)(C)c1ccc(ON)cc1. The highest BCUT2D eigenvalue weighted by molar-refractivity contribution is 5.30. The molecule has 2 N–H and O–H groups in total. The zero-order chi connectivity index (χ0) is 9.19. The molecule has 1 aromatic carbocycles. The first-order valence-electron chi connectivity index (χ1n) is 4.01. The summed E-state index contributed by atoms with van der Waals surface area (Å²) >= 11 is 0. The fourth-order valence-electron chi connectivity index (χ4n) is 1.03. The van der Waals surface area contributed by atoms with E-state index in [1.165, 1.54) is 5.56 Å². The Balaban J connectivity index is 2.93. The standard InChI is InChI=1S/C10H15NO/c1-10(2,3)8-4-6-9(12-11)7-5-8/h4-7H,11H2,1-3H3. The smallest absolute Gasteiger partial charge is 0.146 e. The Morgan fingerprint density at radius 2 is 1.58 bits per heavy atom. The van der Waals surface area contributed by atoms with Crippen LogP contribution in [0.25, 0.3) is 0 Å². The van der Waals surface area contributed by atoms with Crippen LogP contribution >= 0.6 is 0 Å². The summed E-state index contributed by atoms with van der Waals surface area (Å²) in [6.07, 6.45) is 0. The van der Waals surface area contributed by atoms with Gasteiger partial charge in [-0.05, 0) is 23.1 Å². The maximum Gasteiger partial charge on any atom is 0.146 e. The molecule has 66 valence electrons. The van der Waals surface area contributed by atoms with Gasteiger partial charge in [0.1, 0.15) is 5.75 Å². The van der Waals surface area contributed by atoms with E-state index in [0.717, 1.165) is 0 Å². The highest BCUT2D eigenvalue weighted by atomic mass is 16.6. The van der Waals surface area contributed by atoms with Crippen LogP contribution < -0.4 is 10.7 Å². The van der Waals surface area contributed by atoms with E-state index in [1.807, 2.05) is 24.3 Å². The van der Waals surface area contributed by atoms with Crippen LogP contribution in [0.4, 0.5) is 0 Å². The van der Waals surface area contributed by atoms with Gasteiger partial charge in [-0.2, -0.15) is 5.90 Å². The maximum atomic E-state index is 5.01. The third-order valence-electron chi connectivity index (χ3n) is 1.86. The Hall–Kier alpha value is -1.02. The first-order chi connectivity index (χ1) is 5.54. The van der Waals surface area contributed by atoms with E-state index in [1.54, 1.807) is 0 Å². The molecule has 0 atom stereocenters. The number of nitrogens with two attached hydrogens (primary N) is 1. The first-order valence-corrected chi connectivity index (χ1v) is 4.01. The molecule has 0 radical (unpaired) electrons. The van der Waals surface area contributed by atoms with E-state index in [9.17, 15) is 0 Å². The minimum atomic E-state index is 0.188. The molecule has 2 nitrogen and oxygen atoms in total. The molecular formula is C10H15NO. The van der Waals surface area contributed by atoms with Crippen molar-refractivity contribution in [3.8, 4) is 5.75 Å². The maximum absolute atomic E-state index is 5.01. The van der Waals surface area contributed by atoms with Gasteiger partial charge in [0.25, 0.3) is 0 Å². The largest absolute Gasteiger partial charge is 0.412 e. The van der Waals surface area contributed by atoms with Gasteiger partial charge in [0, 0.05) is 0 Å².